The van der Waals surface area contributed by atoms with Gasteiger partial charge in [0.15, 0.2) is 5.82 Å². The standard InChI is InChI=1S/C19H23ClN4O4S/c1-19(2,28)18-22-23(9-16(26)21-10-4-3-5-11(25)6-10)17(27)13-7-14-12(24(13)18)8-15(20)29-14/h7-8,10-11,25,28H,3-6,9H2,1-2H3,(H,21,26)/t10-,11+/m1/s1. The number of amides is 1. The number of fused-ring (bicyclic) bond motifs is 3. The minimum atomic E-state index is -1.35. The molecule has 0 aliphatic heterocycles. The van der Waals surface area contributed by atoms with E-state index in [0.717, 1.165) is 28.6 Å². The summed E-state index contributed by atoms with van der Waals surface area (Å²) < 4.78 is 4.07. The number of hydrogen-bond donors (Lipinski definition) is 3. The summed E-state index contributed by atoms with van der Waals surface area (Å²) in [4.78, 5) is 25.5. The lowest BCUT2D eigenvalue weighted by molar-refractivity contribution is -0.123. The van der Waals surface area contributed by atoms with Gasteiger partial charge in [-0.1, -0.05) is 11.6 Å². The van der Waals surface area contributed by atoms with Gasteiger partial charge < -0.3 is 15.5 Å². The fraction of sp³-hybridized carbons (Fsp3) is 0.526. The van der Waals surface area contributed by atoms with E-state index < -0.39 is 17.3 Å². The topological polar surface area (TPSA) is 109 Å². The van der Waals surface area contributed by atoms with Crippen LogP contribution in [0.3, 0.4) is 0 Å². The van der Waals surface area contributed by atoms with Crippen LogP contribution in [0.15, 0.2) is 16.9 Å². The third kappa shape index (κ3) is 3.92. The number of carbonyl (C=O) groups is 1. The summed E-state index contributed by atoms with van der Waals surface area (Å²) in [6.45, 7) is 2.89. The summed E-state index contributed by atoms with van der Waals surface area (Å²) in [5, 5.41) is 27.6. The van der Waals surface area contributed by atoms with Crippen LogP contribution in [0.2, 0.25) is 4.34 Å². The molecule has 3 N–H and O–H groups in total. The van der Waals surface area contributed by atoms with Crippen LogP contribution < -0.4 is 10.9 Å². The van der Waals surface area contributed by atoms with Gasteiger partial charge in [-0.15, -0.1) is 11.3 Å². The van der Waals surface area contributed by atoms with Crippen molar-refractivity contribution in [1.82, 2.24) is 19.5 Å². The number of hydrogen-bond acceptors (Lipinski definition) is 6. The van der Waals surface area contributed by atoms with Gasteiger partial charge >= 0.3 is 0 Å². The van der Waals surface area contributed by atoms with E-state index in [1.165, 1.54) is 11.3 Å². The lowest BCUT2D eigenvalue weighted by atomic mass is 9.93. The largest absolute Gasteiger partial charge is 0.393 e. The average Bonchev–Trinajstić information content (AvgIpc) is 3.13. The van der Waals surface area contributed by atoms with Gasteiger partial charge in [-0.05, 0) is 51.7 Å². The molecule has 29 heavy (non-hydrogen) atoms. The number of thiophene rings is 1. The number of rotatable bonds is 4. The summed E-state index contributed by atoms with van der Waals surface area (Å²) in [7, 11) is 0. The molecule has 2 atom stereocenters. The van der Waals surface area contributed by atoms with Crippen LogP contribution >= 0.6 is 22.9 Å². The lowest BCUT2D eigenvalue weighted by Crippen LogP contribution is -2.43. The molecule has 3 heterocycles. The molecule has 156 valence electrons. The van der Waals surface area contributed by atoms with Crippen molar-refractivity contribution in [3.63, 3.8) is 0 Å². The van der Waals surface area contributed by atoms with Crippen molar-refractivity contribution in [2.24, 2.45) is 0 Å². The zero-order valence-corrected chi connectivity index (χ0v) is 17.8. The number of nitrogens with one attached hydrogen (secondary N) is 1. The molecule has 3 aromatic rings. The number of aliphatic hydroxyl groups is 2. The normalized spacial score (nSPS) is 20.4. The Morgan fingerprint density at radius 2 is 2.14 bits per heavy atom. The summed E-state index contributed by atoms with van der Waals surface area (Å²) in [6, 6.07) is 3.33. The summed E-state index contributed by atoms with van der Waals surface area (Å²) in [5.74, 6) is -0.0985. The van der Waals surface area contributed by atoms with Crippen molar-refractivity contribution in [1.29, 1.82) is 0 Å². The molecular weight excluding hydrogens is 416 g/mol. The van der Waals surface area contributed by atoms with Crippen molar-refractivity contribution < 1.29 is 15.0 Å². The minimum Gasteiger partial charge on any atom is -0.393 e. The molecule has 1 amide bonds. The van der Waals surface area contributed by atoms with Gasteiger partial charge in [-0.3, -0.25) is 14.0 Å². The Morgan fingerprint density at radius 3 is 2.83 bits per heavy atom. The molecule has 1 aliphatic rings. The van der Waals surface area contributed by atoms with E-state index >= 15 is 0 Å². The Kier molecular flexibility index (Phi) is 5.18. The van der Waals surface area contributed by atoms with Crippen LogP contribution in [0.4, 0.5) is 0 Å². The van der Waals surface area contributed by atoms with Gasteiger partial charge in [0.2, 0.25) is 5.91 Å². The summed E-state index contributed by atoms with van der Waals surface area (Å²) >= 11 is 7.44. The molecule has 1 saturated carbocycles. The highest BCUT2D eigenvalue weighted by atomic mass is 35.5. The van der Waals surface area contributed by atoms with Crippen molar-refractivity contribution in [3.8, 4) is 0 Å². The molecule has 1 aliphatic carbocycles. The average molecular weight is 439 g/mol. The molecule has 8 nitrogen and oxygen atoms in total. The predicted octanol–water partition coefficient (Wildman–Crippen LogP) is 2.01. The third-order valence-electron chi connectivity index (χ3n) is 5.19. The van der Waals surface area contributed by atoms with Crippen molar-refractivity contribution >= 4 is 44.6 Å². The van der Waals surface area contributed by atoms with E-state index in [1.54, 1.807) is 30.4 Å². The van der Waals surface area contributed by atoms with Gasteiger partial charge in [0, 0.05) is 6.04 Å². The Balaban J connectivity index is 1.72. The second-order valence-electron chi connectivity index (χ2n) is 8.10. The minimum absolute atomic E-state index is 0.111. The maximum Gasteiger partial charge on any atom is 0.291 e. The number of aromatic nitrogens is 3. The maximum atomic E-state index is 13.0. The SMILES string of the molecule is CC(C)(O)c1nn(CC(=O)N[C@@H]2CCC[C@H](O)C2)c(=O)c2cc3sc(Cl)cc3n12. The van der Waals surface area contributed by atoms with Gasteiger partial charge in [0.25, 0.3) is 5.56 Å². The summed E-state index contributed by atoms with van der Waals surface area (Å²) in [6.07, 6.45) is 2.50. The highest BCUT2D eigenvalue weighted by Gasteiger charge is 2.27. The molecule has 0 aromatic carbocycles. The molecule has 3 aromatic heterocycles. The zero-order valence-electron chi connectivity index (χ0n) is 16.2. The second-order valence-corrected chi connectivity index (χ2v) is 9.81. The second kappa shape index (κ2) is 7.39. The number of halogens is 1. The van der Waals surface area contributed by atoms with E-state index in [2.05, 4.69) is 10.4 Å². The first-order chi connectivity index (χ1) is 13.6. The van der Waals surface area contributed by atoms with Gasteiger partial charge in [-0.25, -0.2) is 4.68 Å². The molecule has 0 spiro atoms. The monoisotopic (exact) mass is 438 g/mol. The highest BCUT2D eigenvalue weighted by molar-refractivity contribution is 7.22. The number of aliphatic hydroxyl groups excluding tert-OH is 1. The quantitative estimate of drug-likeness (QED) is 0.577. The van der Waals surface area contributed by atoms with Crippen LogP contribution in [0.1, 0.15) is 45.4 Å². The first-order valence-corrected chi connectivity index (χ1v) is 10.7. The van der Waals surface area contributed by atoms with Crippen LogP contribution in [0, 0.1) is 0 Å². The van der Waals surface area contributed by atoms with Crippen molar-refractivity contribution in [2.75, 3.05) is 0 Å². The molecule has 0 bridgehead atoms. The fourth-order valence-corrected chi connectivity index (χ4v) is 5.05. The Bertz CT molecular complexity index is 1140. The smallest absolute Gasteiger partial charge is 0.291 e. The molecular formula is C19H23ClN4O4S. The number of carbonyl (C=O) groups excluding carboxylic acids is 1. The van der Waals surface area contributed by atoms with E-state index in [1.807, 2.05) is 0 Å². The van der Waals surface area contributed by atoms with E-state index in [-0.39, 0.29) is 24.3 Å². The Morgan fingerprint density at radius 1 is 1.38 bits per heavy atom. The van der Waals surface area contributed by atoms with Crippen molar-refractivity contribution in [2.45, 2.75) is 63.8 Å². The molecule has 1 fully saturated rings. The molecule has 4 rings (SSSR count). The van der Waals surface area contributed by atoms with E-state index in [9.17, 15) is 19.8 Å². The van der Waals surface area contributed by atoms with Crippen LogP contribution in [-0.2, 0) is 16.9 Å². The lowest BCUT2D eigenvalue weighted by Gasteiger charge is -2.26. The summed E-state index contributed by atoms with van der Waals surface area (Å²) in [5.41, 5.74) is -0.741. The first-order valence-electron chi connectivity index (χ1n) is 9.55. The van der Waals surface area contributed by atoms with Gasteiger partial charge in [-0.2, -0.15) is 5.10 Å². The van der Waals surface area contributed by atoms with Crippen molar-refractivity contribution in [3.05, 3.63) is 32.6 Å². The Hall–Kier alpha value is -1.94. The van der Waals surface area contributed by atoms with E-state index in [0.29, 0.717) is 21.8 Å². The Labute approximate surface area is 175 Å². The van der Waals surface area contributed by atoms with E-state index in [4.69, 9.17) is 11.6 Å². The van der Waals surface area contributed by atoms with Crippen LogP contribution in [0.5, 0.6) is 0 Å². The van der Waals surface area contributed by atoms with Gasteiger partial charge in [0.05, 0.1) is 20.7 Å². The fourth-order valence-electron chi connectivity index (χ4n) is 3.89. The molecule has 0 saturated heterocycles. The van der Waals surface area contributed by atoms with Crippen LogP contribution in [-0.4, -0.2) is 42.4 Å². The molecule has 0 unspecified atom stereocenters. The third-order valence-corrected chi connectivity index (χ3v) is 6.39. The molecule has 10 heteroatoms. The predicted molar refractivity (Wildman–Crippen MR) is 111 cm³/mol. The van der Waals surface area contributed by atoms with Gasteiger partial charge in [0.1, 0.15) is 17.7 Å². The first kappa shape index (κ1) is 20.3. The molecule has 0 radical (unpaired) electrons. The van der Waals surface area contributed by atoms with Crippen LogP contribution in [0.25, 0.3) is 15.7 Å². The zero-order chi connectivity index (χ0) is 20.9. The highest BCUT2D eigenvalue weighted by Crippen LogP contribution is 2.33. The maximum absolute atomic E-state index is 13.0. The number of nitrogens with zero attached hydrogens (tertiary/aromatic N) is 3.